The zero-order valence-corrected chi connectivity index (χ0v) is 12.8. The molecule has 7 atom stereocenters. The molecule has 0 aromatic rings. The maximum atomic E-state index is 9.75. The van der Waals surface area contributed by atoms with Crippen molar-refractivity contribution in [2.24, 2.45) is 11.3 Å². The normalized spacial score (nSPS) is 57.8. The maximum Gasteiger partial charge on any atom is 0.673 e. The first kappa shape index (κ1) is 14.0. The van der Waals surface area contributed by atoms with Crippen LogP contribution >= 0.6 is 0 Å². The monoisotopic (exact) mass is 320 g/mol. The van der Waals surface area contributed by atoms with Crippen LogP contribution in [0, 0.1) is 11.3 Å². The van der Waals surface area contributed by atoms with Gasteiger partial charge in [0.25, 0.3) is 0 Å². The number of fused-ring (bicyclic) bond motifs is 2. The minimum atomic E-state index is -6.00. The van der Waals surface area contributed by atoms with Gasteiger partial charge in [-0.25, -0.2) is 0 Å². The highest BCUT2D eigenvalue weighted by molar-refractivity contribution is 6.50. The van der Waals surface area contributed by atoms with Crippen molar-refractivity contribution in [2.45, 2.75) is 56.8 Å². The largest absolute Gasteiger partial charge is 0.673 e. The number of halogens is 4. The van der Waals surface area contributed by atoms with Crippen molar-refractivity contribution >= 4 is 7.25 Å². The first-order valence-corrected chi connectivity index (χ1v) is 8.25. The van der Waals surface area contributed by atoms with Crippen LogP contribution in [0.3, 0.4) is 0 Å². The van der Waals surface area contributed by atoms with E-state index in [-0.39, 0.29) is 0 Å². The summed E-state index contributed by atoms with van der Waals surface area (Å²) in [6, 6.07) is 3.52. The van der Waals surface area contributed by atoms with Gasteiger partial charge >= 0.3 is 7.25 Å². The molecule has 124 valence electrons. The van der Waals surface area contributed by atoms with Crippen LogP contribution in [0.5, 0.6) is 0 Å². The van der Waals surface area contributed by atoms with Gasteiger partial charge in [-0.2, -0.15) is 9.71 Å². The highest BCUT2D eigenvalue weighted by Gasteiger charge is 2.87. The summed E-state index contributed by atoms with van der Waals surface area (Å²) in [5, 5.41) is 8.37. The number of hydrazine groups is 1. The van der Waals surface area contributed by atoms with Crippen LogP contribution in [0.2, 0.25) is 0 Å². The molecule has 0 aromatic carbocycles. The Kier molecular flexibility index (Phi) is 2.33. The molecule has 0 N–H and O–H groups in total. The van der Waals surface area contributed by atoms with Crippen LogP contribution < -0.4 is 0 Å². The molecule has 8 aliphatic rings. The number of nitrogens with zero attached hydrogens (tertiary/aromatic N) is 4. The standard InChI is InChI=1S/C13H21N4.BF4/c1-13-10-5-3-8-12(13)9-4-6-11(13)17(2)15(9)7-14(8)16(10)17;2-1(3,4)5/h8-12H,3-7H2,1-2H3;/q+1;-1/t8-,9+,10+,11-,12+,13-,17?;/m1./s1. The molecule has 1 unspecified atom stereocenters. The van der Waals surface area contributed by atoms with Gasteiger partial charge in [0.2, 0.25) is 0 Å². The van der Waals surface area contributed by atoms with Crippen molar-refractivity contribution in [1.82, 2.24) is 15.1 Å². The second-order valence-corrected chi connectivity index (χ2v) is 8.03. The average Bonchev–Trinajstić information content (AvgIpc) is 2.81. The van der Waals surface area contributed by atoms with Gasteiger partial charge in [0.1, 0.15) is 19.8 Å². The number of hydrogen-bond acceptors (Lipinski definition) is 3. The molecule has 6 heterocycles. The molecule has 0 amide bonds. The van der Waals surface area contributed by atoms with Crippen LogP contribution in [-0.4, -0.2) is 65.0 Å². The molecule has 9 heteroatoms. The molecule has 6 saturated heterocycles. The smallest absolute Gasteiger partial charge is 0.418 e. The Hall–Kier alpha value is -0.375. The lowest BCUT2D eigenvalue weighted by Gasteiger charge is -2.64. The van der Waals surface area contributed by atoms with Crippen molar-refractivity contribution in [3.63, 3.8) is 0 Å². The molecule has 8 rings (SSSR count). The summed E-state index contributed by atoms with van der Waals surface area (Å²) in [5.41, 5.74) is 0.633. The van der Waals surface area contributed by atoms with E-state index in [0.29, 0.717) is 5.41 Å². The highest BCUT2D eigenvalue weighted by atomic mass is 19.5. The highest BCUT2D eigenvalue weighted by Crippen LogP contribution is 2.72. The molecule has 7 bridgehead atoms. The van der Waals surface area contributed by atoms with E-state index < -0.39 is 7.25 Å². The molecule has 0 spiro atoms. The summed E-state index contributed by atoms with van der Waals surface area (Å²) >= 11 is 0. The number of quaternary nitrogens is 1. The Labute approximate surface area is 127 Å². The zero-order valence-electron chi connectivity index (χ0n) is 12.8. The lowest BCUT2D eigenvalue weighted by molar-refractivity contribution is -1.12. The minimum absolute atomic E-state index is 0.633. The number of hydrogen-bond donors (Lipinski definition) is 0. The van der Waals surface area contributed by atoms with Gasteiger partial charge < -0.3 is 17.3 Å². The predicted octanol–water partition coefficient (Wildman–Crippen LogP) is 2.08. The summed E-state index contributed by atoms with van der Waals surface area (Å²) < 4.78 is 40.2. The second kappa shape index (κ2) is 3.65. The van der Waals surface area contributed by atoms with Gasteiger partial charge in [0, 0.05) is 18.4 Å². The van der Waals surface area contributed by atoms with E-state index in [4.69, 9.17) is 0 Å². The van der Waals surface area contributed by atoms with E-state index in [1.165, 1.54) is 37.1 Å². The Morgan fingerprint density at radius 3 is 2.36 bits per heavy atom. The fourth-order valence-corrected chi connectivity index (χ4v) is 7.33. The third-order valence-corrected chi connectivity index (χ3v) is 7.58. The summed E-state index contributed by atoms with van der Waals surface area (Å²) in [7, 11) is -3.50. The van der Waals surface area contributed by atoms with Gasteiger partial charge in [-0.3, -0.25) is 0 Å². The Morgan fingerprint density at radius 1 is 1.05 bits per heavy atom. The SMILES string of the molecule is C[C@@]12[C@H]3[C@H]4CC[C@@H]1N1N4CN4[C@H]3CC[C@H]2[N+]41C.F[B-](F)(F)F. The van der Waals surface area contributed by atoms with Crippen molar-refractivity contribution in [3.8, 4) is 0 Å². The van der Waals surface area contributed by atoms with Gasteiger partial charge in [0.15, 0.2) is 0 Å². The van der Waals surface area contributed by atoms with Gasteiger partial charge in [-0.15, -0.1) is 5.01 Å². The molecule has 22 heavy (non-hydrogen) atoms. The van der Waals surface area contributed by atoms with Crippen LogP contribution in [0.1, 0.15) is 32.6 Å². The fourth-order valence-electron chi connectivity index (χ4n) is 7.33. The second-order valence-electron chi connectivity index (χ2n) is 8.03. The Balaban J connectivity index is 0.000000201. The molecular formula is C13H21BF4N4. The first-order chi connectivity index (χ1) is 10.2. The van der Waals surface area contributed by atoms with Crippen molar-refractivity contribution in [1.29, 1.82) is 0 Å². The lowest BCUT2D eigenvalue weighted by atomic mass is 9.51. The van der Waals surface area contributed by atoms with Crippen molar-refractivity contribution in [2.75, 3.05) is 13.7 Å². The molecular weight excluding hydrogens is 299 g/mol. The van der Waals surface area contributed by atoms with E-state index in [1.54, 1.807) is 0 Å². The molecule has 0 radical (unpaired) electrons. The van der Waals surface area contributed by atoms with Gasteiger partial charge in [0.05, 0.1) is 17.5 Å². The van der Waals surface area contributed by atoms with Gasteiger partial charge in [-0.1, -0.05) is 12.0 Å². The first-order valence-electron chi connectivity index (χ1n) is 8.25. The third kappa shape index (κ3) is 1.26. The summed E-state index contributed by atoms with van der Waals surface area (Å²) in [5.74, 6) is 0.985. The Morgan fingerprint density at radius 2 is 1.68 bits per heavy atom. The topological polar surface area (TPSA) is 9.72 Å². The fraction of sp³-hybridized carbons (Fsp3) is 1.00. The predicted molar refractivity (Wildman–Crippen MR) is 72.0 cm³/mol. The molecule has 4 nitrogen and oxygen atoms in total. The van der Waals surface area contributed by atoms with E-state index in [9.17, 15) is 17.3 Å². The molecule has 6 aliphatic heterocycles. The summed E-state index contributed by atoms with van der Waals surface area (Å²) in [4.78, 5) is 0. The van der Waals surface area contributed by atoms with Crippen molar-refractivity contribution < 1.29 is 22.0 Å². The molecule has 2 aliphatic carbocycles. The van der Waals surface area contributed by atoms with Crippen molar-refractivity contribution in [3.05, 3.63) is 0 Å². The molecule has 0 aromatic heterocycles. The lowest BCUT2D eigenvalue weighted by Crippen LogP contribution is -2.78. The van der Waals surface area contributed by atoms with Crippen LogP contribution in [0.25, 0.3) is 0 Å². The summed E-state index contributed by atoms with van der Waals surface area (Å²) in [6.07, 6.45) is 5.87. The quantitative estimate of drug-likeness (QED) is 0.384. The van der Waals surface area contributed by atoms with Crippen LogP contribution in [0.15, 0.2) is 0 Å². The maximum absolute atomic E-state index is 9.75. The number of rotatable bonds is 0. The van der Waals surface area contributed by atoms with E-state index in [2.05, 4.69) is 29.1 Å². The summed E-state index contributed by atoms with van der Waals surface area (Å²) in [6.45, 7) is 3.87. The van der Waals surface area contributed by atoms with E-state index >= 15 is 0 Å². The molecule has 8 fully saturated rings. The van der Waals surface area contributed by atoms with E-state index in [1.807, 2.05) is 0 Å². The Bertz CT molecular complexity index is 525. The van der Waals surface area contributed by atoms with Gasteiger partial charge in [-0.05, 0) is 19.3 Å². The third-order valence-electron chi connectivity index (χ3n) is 7.58. The molecule has 2 saturated carbocycles. The van der Waals surface area contributed by atoms with Crippen LogP contribution in [-0.2, 0) is 0 Å². The zero-order chi connectivity index (χ0) is 15.7. The van der Waals surface area contributed by atoms with E-state index in [0.717, 1.165) is 30.1 Å². The average molecular weight is 320 g/mol. The minimum Gasteiger partial charge on any atom is -0.418 e. The van der Waals surface area contributed by atoms with Crippen LogP contribution in [0.4, 0.5) is 17.3 Å².